The lowest BCUT2D eigenvalue weighted by Gasteiger charge is -2.21. The van der Waals surface area contributed by atoms with Gasteiger partial charge in [-0.1, -0.05) is 0 Å². The van der Waals surface area contributed by atoms with E-state index >= 15 is 0 Å². The lowest BCUT2D eigenvalue weighted by Crippen LogP contribution is -2.23. The fraction of sp³-hybridized carbons (Fsp3) is 0.143. The number of carbonyl (C=O) groups is 1. The molecule has 116 valence electrons. The summed E-state index contributed by atoms with van der Waals surface area (Å²) in [4.78, 5) is 17.1. The van der Waals surface area contributed by atoms with Crippen LogP contribution in [0.15, 0.2) is 42.6 Å². The molecule has 1 heterocycles. The fourth-order valence-electron chi connectivity index (χ4n) is 1.86. The first-order valence-corrected chi connectivity index (χ1v) is 6.21. The predicted octanol–water partition coefficient (Wildman–Crippen LogP) is 3.28. The number of hydrogen-bond donors (Lipinski definition) is 1. The molecule has 2 aromatic rings. The van der Waals surface area contributed by atoms with Crippen LogP contribution in [0.2, 0.25) is 0 Å². The third kappa shape index (κ3) is 3.67. The number of nitrogens with one attached hydrogen (secondary N) is 1. The molecular formula is C14H12F2N3O3-. The summed E-state index contributed by atoms with van der Waals surface area (Å²) in [5.41, 5.74) is 2.36. The molecule has 0 atom stereocenters. The third-order valence-electron chi connectivity index (χ3n) is 2.73. The van der Waals surface area contributed by atoms with Crippen LogP contribution in [-0.4, -0.2) is 17.5 Å². The molecule has 0 radical (unpaired) electrons. The van der Waals surface area contributed by atoms with Gasteiger partial charge in [-0.2, -0.15) is 8.78 Å². The van der Waals surface area contributed by atoms with Crippen molar-refractivity contribution in [2.75, 3.05) is 10.4 Å². The molecule has 0 spiro atoms. The van der Waals surface area contributed by atoms with Gasteiger partial charge in [0.15, 0.2) is 0 Å². The number of carbonyl (C=O) groups excluding carboxylic acids is 1. The van der Waals surface area contributed by atoms with E-state index in [4.69, 9.17) is 0 Å². The highest BCUT2D eigenvalue weighted by Crippen LogP contribution is 2.27. The zero-order valence-corrected chi connectivity index (χ0v) is 11.5. The lowest BCUT2D eigenvalue weighted by atomic mass is 10.2. The Kier molecular flexibility index (Phi) is 4.84. The summed E-state index contributed by atoms with van der Waals surface area (Å²) in [5.74, 6) is -0.140. The van der Waals surface area contributed by atoms with Crippen LogP contribution in [0.4, 0.5) is 26.0 Å². The van der Waals surface area contributed by atoms with Crippen LogP contribution in [0.1, 0.15) is 6.92 Å². The average Bonchev–Trinajstić information content (AvgIpc) is 2.48. The standard InChI is InChI=1S/C14H12F2N3O3/c1-9(20)19(13-8-10(18-21)6-7-17-13)11-2-4-12(5-3-11)22-14(15)16/h2-8,14H,1H3,(H-,17,18,21)/q-1. The average molecular weight is 308 g/mol. The van der Waals surface area contributed by atoms with Crippen LogP contribution in [0.5, 0.6) is 5.75 Å². The molecular weight excluding hydrogens is 296 g/mol. The van der Waals surface area contributed by atoms with Gasteiger partial charge >= 0.3 is 6.61 Å². The van der Waals surface area contributed by atoms with Crippen molar-refractivity contribution in [3.05, 3.63) is 47.8 Å². The summed E-state index contributed by atoms with van der Waals surface area (Å²) in [6.45, 7) is -1.60. The second kappa shape index (κ2) is 6.81. The molecule has 6 nitrogen and oxygen atoms in total. The number of amides is 1. The second-order valence-corrected chi connectivity index (χ2v) is 4.23. The number of hydrogen-bond acceptors (Lipinski definition) is 5. The van der Waals surface area contributed by atoms with Gasteiger partial charge in [0, 0.05) is 24.9 Å². The molecule has 0 fully saturated rings. The Hall–Kier alpha value is -2.74. The molecule has 0 saturated carbocycles. The maximum atomic E-state index is 12.1. The molecule has 0 bridgehead atoms. The zero-order valence-electron chi connectivity index (χ0n) is 11.5. The van der Waals surface area contributed by atoms with E-state index in [9.17, 15) is 18.8 Å². The minimum Gasteiger partial charge on any atom is -0.761 e. The largest absolute Gasteiger partial charge is 0.761 e. The number of benzene rings is 1. The van der Waals surface area contributed by atoms with Gasteiger partial charge in [0.05, 0.1) is 5.69 Å². The Morgan fingerprint density at radius 2 is 2.00 bits per heavy atom. The molecule has 22 heavy (non-hydrogen) atoms. The van der Waals surface area contributed by atoms with Crippen LogP contribution in [0, 0.1) is 5.21 Å². The van der Waals surface area contributed by atoms with Crippen LogP contribution >= 0.6 is 0 Å². The third-order valence-corrected chi connectivity index (χ3v) is 2.73. The monoisotopic (exact) mass is 308 g/mol. The van der Waals surface area contributed by atoms with Crippen LogP contribution in [0.3, 0.4) is 0 Å². The van der Waals surface area contributed by atoms with E-state index in [1.165, 1.54) is 54.4 Å². The van der Waals surface area contributed by atoms with Gasteiger partial charge in [0.1, 0.15) is 11.6 Å². The maximum absolute atomic E-state index is 12.1. The second-order valence-electron chi connectivity index (χ2n) is 4.23. The number of aromatic nitrogens is 1. The van der Waals surface area contributed by atoms with Gasteiger partial charge in [0.2, 0.25) is 5.91 Å². The van der Waals surface area contributed by atoms with Gasteiger partial charge in [-0.25, -0.2) is 4.98 Å². The summed E-state index contributed by atoms with van der Waals surface area (Å²) in [6.07, 6.45) is 1.37. The van der Waals surface area contributed by atoms with Crippen molar-refractivity contribution in [1.29, 1.82) is 0 Å². The number of ether oxygens (including phenoxy) is 1. The van der Waals surface area contributed by atoms with Gasteiger partial charge < -0.3 is 15.4 Å². The first kappa shape index (κ1) is 15.6. The first-order valence-electron chi connectivity index (χ1n) is 6.21. The van der Waals surface area contributed by atoms with E-state index in [1.807, 2.05) is 0 Å². The fourth-order valence-corrected chi connectivity index (χ4v) is 1.86. The summed E-state index contributed by atoms with van der Waals surface area (Å²) >= 11 is 0. The van der Waals surface area contributed by atoms with E-state index in [2.05, 4.69) is 9.72 Å². The number of halogens is 2. The highest BCUT2D eigenvalue weighted by atomic mass is 19.3. The number of nitrogens with zero attached hydrogens (tertiary/aromatic N) is 2. The minimum atomic E-state index is -2.92. The van der Waals surface area contributed by atoms with Crippen molar-refractivity contribution in [3.63, 3.8) is 0 Å². The maximum Gasteiger partial charge on any atom is 0.387 e. The molecule has 0 aliphatic carbocycles. The SMILES string of the molecule is CC(=O)N(c1ccc(OC(F)F)cc1)c1cc(N[O-])ccn1. The van der Waals surface area contributed by atoms with Crippen molar-refractivity contribution in [2.45, 2.75) is 13.5 Å². The topological polar surface area (TPSA) is 77.5 Å². The molecule has 0 aliphatic rings. The number of alkyl halides is 2. The van der Waals surface area contributed by atoms with E-state index in [-0.39, 0.29) is 23.2 Å². The quantitative estimate of drug-likeness (QED) is 0.858. The van der Waals surface area contributed by atoms with Gasteiger partial charge in [-0.15, -0.1) is 0 Å². The van der Waals surface area contributed by atoms with Crippen LogP contribution in [0.25, 0.3) is 0 Å². The van der Waals surface area contributed by atoms with E-state index in [0.717, 1.165) is 0 Å². The summed E-state index contributed by atoms with van der Waals surface area (Å²) in [7, 11) is 0. The lowest BCUT2D eigenvalue weighted by molar-refractivity contribution is -0.115. The number of rotatable bonds is 5. The van der Waals surface area contributed by atoms with E-state index < -0.39 is 6.61 Å². The number of anilines is 3. The highest BCUT2D eigenvalue weighted by molar-refractivity contribution is 5.98. The smallest absolute Gasteiger partial charge is 0.387 e. The van der Waals surface area contributed by atoms with Crippen molar-refractivity contribution in [2.24, 2.45) is 0 Å². The predicted molar refractivity (Wildman–Crippen MR) is 77.1 cm³/mol. The Bertz CT molecular complexity index is 650. The van der Waals surface area contributed by atoms with Crippen molar-refractivity contribution < 1.29 is 18.3 Å². The molecule has 1 aromatic heterocycles. The minimum absolute atomic E-state index is 0.0230. The molecule has 0 aliphatic heterocycles. The Labute approximate surface area is 124 Å². The molecule has 1 amide bonds. The van der Waals surface area contributed by atoms with Crippen LogP contribution in [-0.2, 0) is 4.79 Å². The van der Waals surface area contributed by atoms with Gasteiger partial charge in [-0.3, -0.25) is 9.69 Å². The van der Waals surface area contributed by atoms with Crippen LogP contribution < -0.4 is 15.1 Å². The van der Waals surface area contributed by atoms with Crippen molar-refractivity contribution >= 4 is 23.1 Å². The number of pyridine rings is 1. The van der Waals surface area contributed by atoms with Crippen molar-refractivity contribution in [1.82, 2.24) is 4.98 Å². The zero-order chi connectivity index (χ0) is 16.1. The molecule has 8 heteroatoms. The molecule has 0 saturated heterocycles. The summed E-state index contributed by atoms with van der Waals surface area (Å²) in [5, 5.41) is 10.7. The van der Waals surface area contributed by atoms with E-state index in [1.54, 1.807) is 5.48 Å². The van der Waals surface area contributed by atoms with Gasteiger partial charge in [0.25, 0.3) is 0 Å². The van der Waals surface area contributed by atoms with Gasteiger partial charge in [-0.05, 0) is 30.3 Å². The summed E-state index contributed by atoms with van der Waals surface area (Å²) < 4.78 is 28.5. The van der Waals surface area contributed by atoms with Crippen molar-refractivity contribution in [3.8, 4) is 5.75 Å². The molecule has 0 unspecified atom stereocenters. The Balaban J connectivity index is 2.33. The van der Waals surface area contributed by atoms with E-state index in [0.29, 0.717) is 5.69 Å². The molecule has 2 rings (SSSR count). The highest BCUT2D eigenvalue weighted by Gasteiger charge is 2.16. The first-order chi connectivity index (χ1) is 10.5. The molecule has 1 N–H and O–H groups in total. The Morgan fingerprint density at radius 3 is 2.55 bits per heavy atom. The summed E-state index contributed by atoms with van der Waals surface area (Å²) in [6, 6.07) is 8.36. The molecule has 1 aromatic carbocycles. The Morgan fingerprint density at radius 1 is 1.32 bits per heavy atom. The normalized spacial score (nSPS) is 10.4.